The maximum Gasteiger partial charge on any atom is 0.266 e. The van der Waals surface area contributed by atoms with Gasteiger partial charge in [0.15, 0.2) is 0 Å². The SMILES string of the molecule is N#Cc1cc(N2C(=O)c3ccccc3C2=O)cc(-n2c3ccccc3c3c4c5ccccc5n(-c5ccccc5)c4ccc32)c1. The Bertz CT molecular complexity index is 2570. The molecule has 1 aliphatic heterocycles. The second-order valence-corrected chi connectivity index (χ2v) is 11.2. The van der Waals surface area contributed by atoms with Gasteiger partial charge in [0.2, 0.25) is 0 Å². The number of benzene rings is 6. The molecule has 1 aliphatic rings. The van der Waals surface area contributed by atoms with Crippen LogP contribution in [0.25, 0.3) is 55.0 Å². The van der Waals surface area contributed by atoms with Crippen molar-refractivity contribution < 1.29 is 9.59 Å². The lowest BCUT2D eigenvalue weighted by atomic mass is 10.1. The van der Waals surface area contributed by atoms with E-state index in [0.29, 0.717) is 28.1 Å². The Balaban J connectivity index is 1.36. The summed E-state index contributed by atoms with van der Waals surface area (Å²) in [6.45, 7) is 0. The molecular weight excluding hydrogens is 556 g/mol. The highest BCUT2D eigenvalue weighted by atomic mass is 16.2. The Labute approximate surface area is 257 Å². The van der Waals surface area contributed by atoms with E-state index < -0.39 is 11.8 Å². The summed E-state index contributed by atoms with van der Waals surface area (Å²) in [5, 5.41) is 14.5. The molecule has 6 heteroatoms. The summed E-state index contributed by atoms with van der Waals surface area (Å²) in [5.41, 5.74) is 7.34. The number of anilines is 1. The Hall–Kier alpha value is -6.45. The van der Waals surface area contributed by atoms with Crippen LogP contribution in [0.5, 0.6) is 0 Å². The Morgan fingerprint density at radius 1 is 0.467 bits per heavy atom. The van der Waals surface area contributed by atoms with Crippen LogP contribution in [0.4, 0.5) is 5.69 Å². The van der Waals surface area contributed by atoms with Crippen LogP contribution in [0.1, 0.15) is 26.3 Å². The van der Waals surface area contributed by atoms with Gasteiger partial charge in [0.25, 0.3) is 11.8 Å². The molecule has 0 bridgehead atoms. The molecule has 0 saturated carbocycles. The number of carbonyl (C=O) groups is 2. The van der Waals surface area contributed by atoms with Gasteiger partial charge >= 0.3 is 0 Å². The van der Waals surface area contributed by atoms with E-state index in [1.807, 2.05) is 30.3 Å². The van der Waals surface area contributed by atoms with Crippen LogP contribution in [0.15, 0.2) is 133 Å². The van der Waals surface area contributed by atoms with Crippen molar-refractivity contribution in [2.75, 3.05) is 4.90 Å². The molecule has 0 aliphatic carbocycles. The lowest BCUT2D eigenvalue weighted by molar-refractivity contribution is 0.0926. The number of carbonyl (C=O) groups excluding carboxylic acids is 2. The number of hydrogen-bond acceptors (Lipinski definition) is 3. The Morgan fingerprint density at radius 2 is 0.956 bits per heavy atom. The zero-order chi connectivity index (χ0) is 30.2. The fraction of sp³-hybridized carbons (Fsp3) is 0. The first-order valence-corrected chi connectivity index (χ1v) is 14.7. The molecule has 0 atom stereocenters. The van der Waals surface area contributed by atoms with Gasteiger partial charge < -0.3 is 9.13 Å². The van der Waals surface area contributed by atoms with Crippen molar-refractivity contribution in [2.45, 2.75) is 0 Å². The summed E-state index contributed by atoms with van der Waals surface area (Å²) >= 11 is 0. The molecule has 45 heavy (non-hydrogen) atoms. The summed E-state index contributed by atoms with van der Waals surface area (Å²) in [7, 11) is 0. The molecule has 6 nitrogen and oxygen atoms in total. The van der Waals surface area contributed by atoms with E-state index in [0.717, 1.165) is 49.3 Å². The molecule has 9 rings (SSSR count). The second kappa shape index (κ2) is 9.27. The van der Waals surface area contributed by atoms with E-state index >= 15 is 0 Å². The number of imide groups is 1. The Kier molecular flexibility index (Phi) is 5.17. The molecule has 6 aromatic carbocycles. The normalized spacial score (nSPS) is 12.9. The molecular formula is C39H22N4O2. The van der Waals surface area contributed by atoms with Gasteiger partial charge in [0.1, 0.15) is 0 Å². The van der Waals surface area contributed by atoms with Gasteiger partial charge in [-0.2, -0.15) is 5.26 Å². The first kappa shape index (κ1) is 25.1. The van der Waals surface area contributed by atoms with Gasteiger partial charge in [0, 0.05) is 32.9 Å². The number of hydrogen-bond donors (Lipinski definition) is 0. The lowest BCUT2D eigenvalue weighted by Gasteiger charge is -2.17. The molecule has 0 fully saturated rings. The summed E-state index contributed by atoms with van der Waals surface area (Å²) in [5.74, 6) is -0.788. The number of rotatable bonds is 3. The third kappa shape index (κ3) is 3.43. The molecule has 0 unspecified atom stereocenters. The van der Waals surface area contributed by atoms with Gasteiger partial charge in [-0.1, -0.05) is 66.7 Å². The number of amides is 2. The first-order valence-electron chi connectivity index (χ1n) is 14.7. The van der Waals surface area contributed by atoms with Crippen LogP contribution in [-0.2, 0) is 0 Å². The summed E-state index contributed by atoms with van der Waals surface area (Å²) in [6.07, 6.45) is 0. The standard InChI is InChI=1S/C39H22N4O2/c40-23-24-20-26(22-27(21-24)43-38(44)28-12-4-5-13-29(28)39(43)45)42-33-17-9-7-15-31(33)37-35(42)19-18-34-36(37)30-14-6-8-16-32(30)41(34)25-10-2-1-3-11-25/h1-22H. The average Bonchev–Trinajstić information content (AvgIpc) is 3.70. The van der Waals surface area contributed by atoms with E-state index in [1.165, 1.54) is 4.90 Å². The van der Waals surface area contributed by atoms with Crippen LogP contribution < -0.4 is 4.90 Å². The second-order valence-electron chi connectivity index (χ2n) is 11.2. The highest BCUT2D eigenvalue weighted by Crippen LogP contribution is 2.43. The van der Waals surface area contributed by atoms with E-state index in [2.05, 4.69) is 88.0 Å². The largest absolute Gasteiger partial charge is 0.309 e. The van der Waals surface area contributed by atoms with Gasteiger partial charge in [-0.3, -0.25) is 9.59 Å². The smallest absolute Gasteiger partial charge is 0.266 e. The summed E-state index contributed by atoms with van der Waals surface area (Å²) in [6, 6.07) is 45.6. The van der Waals surface area contributed by atoms with Crippen molar-refractivity contribution in [1.82, 2.24) is 9.13 Å². The molecule has 0 spiro atoms. The van der Waals surface area contributed by atoms with Gasteiger partial charge in [-0.25, -0.2) is 4.90 Å². The number of aromatic nitrogens is 2. The highest BCUT2D eigenvalue weighted by Gasteiger charge is 2.36. The minimum atomic E-state index is -0.394. The molecule has 3 heterocycles. The number of nitriles is 1. The zero-order valence-electron chi connectivity index (χ0n) is 23.8. The zero-order valence-corrected chi connectivity index (χ0v) is 23.8. The van der Waals surface area contributed by atoms with Crippen molar-refractivity contribution in [1.29, 1.82) is 5.26 Å². The van der Waals surface area contributed by atoms with Crippen LogP contribution in [-0.4, -0.2) is 20.9 Å². The van der Waals surface area contributed by atoms with Crippen LogP contribution >= 0.6 is 0 Å². The minimum absolute atomic E-state index is 0.353. The number of fused-ring (bicyclic) bond motifs is 8. The van der Waals surface area contributed by atoms with Gasteiger partial charge in [-0.05, 0) is 66.7 Å². The maximum atomic E-state index is 13.4. The number of para-hydroxylation sites is 3. The number of nitrogens with zero attached hydrogens (tertiary/aromatic N) is 4. The molecule has 2 amide bonds. The average molecular weight is 579 g/mol. The maximum absolute atomic E-state index is 13.4. The van der Waals surface area contributed by atoms with E-state index in [4.69, 9.17) is 0 Å². The third-order valence-corrected chi connectivity index (χ3v) is 8.83. The first-order chi connectivity index (χ1) is 22.1. The van der Waals surface area contributed by atoms with Crippen LogP contribution in [0.2, 0.25) is 0 Å². The van der Waals surface area contributed by atoms with Gasteiger partial charge in [0.05, 0.1) is 50.5 Å². The van der Waals surface area contributed by atoms with E-state index in [9.17, 15) is 14.9 Å². The topological polar surface area (TPSA) is 71.0 Å². The van der Waals surface area contributed by atoms with Crippen LogP contribution in [0.3, 0.4) is 0 Å². The Morgan fingerprint density at radius 3 is 1.53 bits per heavy atom. The quantitative estimate of drug-likeness (QED) is 0.197. The van der Waals surface area contributed by atoms with Crippen molar-refractivity contribution in [3.8, 4) is 17.4 Å². The summed E-state index contributed by atoms with van der Waals surface area (Å²) < 4.78 is 4.42. The predicted molar refractivity (Wildman–Crippen MR) is 177 cm³/mol. The molecule has 0 radical (unpaired) electrons. The van der Waals surface area contributed by atoms with Crippen LogP contribution in [0, 0.1) is 11.3 Å². The van der Waals surface area contributed by atoms with E-state index in [-0.39, 0.29) is 0 Å². The van der Waals surface area contributed by atoms with Crippen molar-refractivity contribution in [3.05, 3.63) is 150 Å². The molecule has 2 aromatic heterocycles. The fourth-order valence-electron chi connectivity index (χ4n) is 6.99. The molecule has 0 saturated heterocycles. The third-order valence-electron chi connectivity index (χ3n) is 8.83. The van der Waals surface area contributed by atoms with Crippen molar-refractivity contribution in [2.24, 2.45) is 0 Å². The monoisotopic (exact) mass is 578 g/mol. The molecule has 8 aromatic rings. The van der Waals surface area contributed by atoms with Crippen molar-refractivity contribution >= 4 is 61.1 Å². The predicted octanol–water partition coefficient (Wildman–Crippen LogP) is 8.55. The highest BCUT2D eigenvalue weighted by molar-refractivity contribution is 6.34. The summed E-state index contributed by atoms with van der Waals surface area (Å²) in [4.78, 5) is 28.0. The lowest BCUT2D eigenvalue weighted by Crippen LogP contribution is -2.29. The fourth-order valence-corrected chi connectivity index (χ4v) is 6.99. The minimum Gasteiger partial charge on any atom is -0.309 e. The van der Waals surface area contributed by atoms with E-state index in [1.54, 1.807) is 30.3 Å². The van der Waals surface area contributed by atoms with Crippen molar-refractivity contribution in [3.63, 3.8) is 0 Å². The van der Waals surface area contributed by atoms with Gasteiger partial charge in [-0.15, -0.1) is 0 Å². The molecule has 210 valence electrons. The molecule has 0 N–H and O–H groups in total.